The van der Waals surface area contributed by atoms with E-state index in [4.69, 9.17) is 14.5 Å². The Morgan fingerprint density at radius 2 is 1.86 bits per heavy atom. The summed E-state index contributed by atoms with van der Waals surface area (Å²) >= 11 is 5.66. The zero-order chi connectivity index (χ0) is 30.0. The van der Waals surface area contributed by atoms with E-state index in [-0.39, 0.29) is 17.9 Å². The summed E-state index contributed by atoms with van der Waals surface area (Å²) in [6.45, 7) is 2.10. The Labute approximate surface area is 271 Å². The Morgan fingerprint density at radius 1 is 1.14 bits per heavy atom. The number of non-ortho nitro benzene ring substituents is 1. The first-order valence-corrected chi connectivity index (χ1v) is 15.7. The molecule has 0 fully saturated rings. The molecule has 0 radical (unpaired) electrons. The number of rotatable bonds is 8. The summed E-state index contributed by atoms with van der Waals surface area (Å²) in [7, 11) is 1.33. The third-order valence-electron chi connectivity index (χ3n) is 6.62. The minimum absolute atomic E-state index is 0.00838. The molecule has 2 heterocycles. The summed E-state index contributed by atoms with van der Waals surface area (Å²) in [4.78, 5) is 42.8. The summed E-state index contributed by atoms with van der Waals surface area (Å²) < 4.78 is 15.1. The number of methoxy groups -OCH3 is 1. The number of allylic oxidation sites excluding steroid dienone is 1. The zero-order valence-electron chi connectivity index (χ0n) is 22.4. The lowest BCUT2D eigenvalue weighted by Crippen LogP contribution is -2.40. The van der Waals surface area contributed by atoms with Gasteiger partial charge in [-0.05, 0) is 93.1 Å². The third-order valence-corrected chi connectivity index (χ3v) is 9.03. The number of benzene rings is 3. The van der Waals surface area contributed by atoms with Crippen LogP contribution in [0.1, 0.15) is 36.1 Å². The number of hydrogen-bond acceptors (Lipinski definition) is 8. The monoisotopic (exact) mass is 807 g/mol. The molecule has 5 rings (SSSR count). The molecule has 1 aromatic heterocycles. The lowest BCUT2D eigenvalue weighted by Gasteiger charge is -2.25. The summed E-state index contributed by atoms with van der Waals surface area (Å²) in [5.41, 5.74) is 2.92. The summed E-state index contributed by atoms with van der Waals surface area (Å²) in [6, 6.07) is 18.8. The Kier molecular flexibility index (Phi) is 9.22. The maximum absolute atomic E-state index is 14.0. The number of aromatic nitrogens is 1. The fourth-order valence-corrected chi connectivity index (χ4v) is 7.72. The second kappa shape index (κ2) is 12.9. The summed E-state index contributed by atoms with van der Waals surface area (Å²) in [5, 5.41) is 11.0. The number of halogens is 2. The number of carbonyl (C=O) groups is 1. The van der Waals surface area contributed by atoms with Crippen molar-refractivity contribution in [3.05, 3.63) is 132 Å². The van der Waals surface area contributed by atoms with Crippen LogP contribution >= 0.6 is 56.5 Å². The Balaban J connectivity index is 1.62. The Hall–Kier alpha value is -3.37. The van der Waals surface area contributed by atoms with Crippen LogP contribution < -0.4 is 19.6 Å². The summed E-state index contributed by atoms with van der Waals surface area (Å²) in [5.74, 6) is 0.0668. The molecule has 214 valence electrons. The van der Waals surface area contributed by atoms with Crippen LogP contribution in [-0.4, -0.2) is 22.6 Å². The van der Waals surface area contributed by atoms with E-state index in [2.05, 4.69) is 45.2 Å². The highest BCUT2D eigenvalue weighted by Gasteiger charge is 2.33. The van der Waals surface area contributed by atoms with Crippen molar-refractivity contribution in [3.8, 4) is 5.75 Å². The van der Waals surface area contributed by atoms with Gasteiger partial charge in [0.1, 0.15) is 12.4 Å². The van der Waals surface area contributed by atoms with E-state index in [1.54, 1.807) is 22.8 Å². The number of thiazole rings is 1. The van der Waals surface area contributed by atoms with Gasteiger partial charge in [-0.15, -0.1) is 0 Å². The smallest absolute Gasteiger partial charge is 0.338 e. The van der Waals surface area contributed by atoms with Gasteiger partial charge in [0.05, 0.1) is 37.4 Å². The van der Waals surface area contributed by atoms with Crippen LogP contribution in [0.4, 0.5) is 5.69 Å². The molecule has 0 saturated carbocycles. The van der Waals surface area contributed by atoms with Gasteiger partial charge in [-0.25, -0.2) is 9.79 Å². The molecule has 4 aromatic rings. The van der Waals surface area contributed by atoms with Crippen LogP contribution in [-0.2, 0) is 16.1 Å². The van der Waals surface area contributed by atoms with E-state index in [1.807, 2.05) is 49.4 Å². The maximum Gasteiger partial charge on any atom is 0.338 e. The molecule has 0 bridgehead atoms. The van der Waals surface area contributed by atoms with Crippen LogP contribution in [0, 0.1) is 17.3 Å². The molecule has 0 amide bonds. The number of esters is 1. The topological polar surface area (TPSA) is 113 Å². The van der Waals surface area contributed by atoms with Crippen molar-refractivity contribution in [1.82, 2.24) is 4.57 Å². The van der Waals surface area contributed by atoms with E-state index in [0.717, 1.165) is 18.3 Å². The average molecular weight is 807 g/mol. The van der Waals surface area contributed by atoms with Crippen LogP contribution in [0.15, 0.2) is 87.8 Å². The fraction of sp³-hybridized carbons (Fsp3) is 0.167. The first-order chi connectivity index (χ1) is 20.2. The molecule has 1 atom stereocenters. The van der Waals surface area contributed by atoms with E-state index in [1.165, 1.54) is 30.6 Å². The molecule has 42 heavy (non-hydrogen) atoms. The quantitative estimate of drug-likeness (QED) is 0.101. The van der Waals surface area contributed by atoms with Crippen LogP contribution in [0.3, 0.4) is 0 Å². The molecule has 0 aliphatic carbocycles. The van der Waals surface area contributed by atoms with Crippen molar-refractivity contribution >= 4 is 74.3 Å². The largest absolute Gasteiger partial charge is 0.487 e. The zero-order valence-corrected chi connectivity index (χ0v) is 27.5. The van der Waals surface area contributed by atoms with Gasteiger partial charge in [-0.3, -0.25) is 19.5 Å². The normalized spacial score (nSPS) is 14.8. The second-order valence-corrected chi connectivity index (χ2v) is 12.6. The number of carbonyl (C=O) groups excluding carboxylic acids is 1. The fourth-order valence-electron chi connectivity index (χ4n) is 4.67. The molecule has 0 N–H and O–H groups in total. The third kappa shape index (κ3) is 6.06. The van der Waals surface area contributed by atoms with Crippen LogP contribution in [0.5, 0.6) is 5.75 Å². The van der Waals surface area contributed by atoms with Gasteiger partial charge < -0.3 is 9.47 Å². The molecule has 0 spiro atoms. The molecule has 0 unspecified atom stereocenters. The molecular weight excluding hydrogens is 784 g/mol. The Bertz CT molecular complexity index is 1900. The predicted octanol–water partition coefficient (Wildman–Crippen LogP) is 5.49. The minimum Gasteiger partial charge on any atom is -0.487 e. The molecule has 1 aliphatic heterocycles. The van der Waals surface area contributed by atoms with Gasteiger partial charge in [0.25, 0.3) is 11.2 Å². The molecule has 1 aliphatic rings. The second-order valence-electron chi connectivity index (χ2n) is 9.22. The van der Waals surface area contributed by atoms with E-state index in [0.29, 0.717) is 38.3 Å². The van der Waals surface area contributed by atoms with Gasteiger partial charge in [-0.2, -0.15) is 0 Å². The molecule has 12 heteroatoms. The first kappa shape index (κ1) is 30.1. The highest BCUT2D eigenvalue weighted by Crippen LogP contribution is 2.32. The van der Waals surface area contributed by atoms with Crippen molar-refractivity contribution < 1.29 is 19.2 Å². The molecule has 9 nitrogen and oxygen atoms in total. The SMILES string of the molecule is CCC1=C(C(=O)OC)[C@H](c2ccccc2)n2c(s/c(=C/c3cc(I)cc(I)c3OCc3ccc([N+](=O)[O-])cc3)c2=O)=N1. The van der Waals surface area contributed by atoms with E-state index >= 15 is 0 Å². The molecule has 0 saturated heterocycles. The maximum atomic E-state index is 14.0. The van der Waals surface area contributed by atoms with Gasteiger partial charge >= 0.3 is 5.97 Å². The number of ether oxygens (including phenoxy) is 2. The average Bonchev–Trinajstić information content (AvgIpc) is 3.30. The highest BCUT2D eigenvalue weighted by atomic mass is 127. The predicted molar refractivity (Wildman–Crippen MR) is 176 cm³/mol. The van der Waals surface area contributed by atoms with Crippen molar-refractivity contribution in [2.24, 2.45) is 4.99 Å². The van der Waals surface area contributed by atoms with Crippen molar-refractivity contribution in [3.63, 3.8) is 0 Å². The molecule has 3 aromatic carbocycles. The van der Waals surface area contributed by atoms with Gasteiger partial charge in [0.2, 0.25) is 0 Å². The summed E-state index contributed by atoms with van der Waals surface area (Å²) in [6.07, 6.45) is 2.28. The van der Waals surface area contributed by atoms with Gasteiger partial charge in [-0.1, -0.05) is 48.6 Å². The Morgan fingerprint density at radius 3 is 2.50 bits per heavy atom. The van der Waals surface area contributed by atoms with E-state index < -0.39 is 16.9 Å². The van der Waals surface area contributed by atoms with Crippen molar-refractivity contribution in [1.29, 1.82) is 0 Å². The lowest BCUT2D eigenvalue weighted by molar-refractivity contribution is -0.384. The van der Waals surface area contributed by atoms with Crippen molar-refractivity contribution in [2.45, 2.75) is 26.0 Å². The highest BCUT2D eigenvalue weighted by molar-refractivity contribution is 14.1. The first-order valence-electron chi connectivity index (χ1n) is 12.7. The number of nitro groups is 1. The van der Waals surface area contributed by atoms with Crippen LogP contribution in [0.25, 0.3) is 6.08 Å². The van der Waals surface area contributed by atoms with Crippen LogP contribution in [0.2, 0.25) is 0 Å². The van der Waals surface area contributed by atoms with Gasteiger partial charge in [0.15, 0.2) is 4.80 Å². The number of hydrogen-bond donors (Lipinski definition) is 0. The number of nitrogens with zero attached hydrogens (tertiary/aromatic N) is 3. The minimum atomic E-state index is -0.680. The number of nitro benzene ring substituents is 1. The standard InChI is InChI=1S/C30H23I2N3O6S/c1-3-23-25(29(37)40-2)26(18-7-5-4-6-8-18)34-28(36)24(42-30(34)33-23)14-19-13-20(31)15-22(32)27(19)41-16-17-9-11-21(12-10-17)35(38)39/h4-15,26H,3,16H2,1-2H3/b24-14+/t26-/m0/s1. The van der Waals surface area contributed by atoms with Crippen molar-refractivity contribution in [2.75, 3.05) is 7.11 Å². The van der Waals surface area contributed by atoms with Gasteiger partial charge in [0, 0.05) is 21.3 Å². The van der Waals surface area contributed by atoms with E-state index in [9.17, 15) is 19.7 Å². The lowest BCUT2D eigenvalue weighted by atomic mass is 9.95. The number of fused-ring (bicyclic) bond motifs is 1. The molecular formula is C30H23I2N3O6S.